The highest BCUT2D eigenvalue weighted by molar-refractivity contribution is 5.66. The van der Waals surface area contributed by atoms with Gasteiger partial charge in [-0.3, -0.25) is 4.79 Å². The molecule has 0 amide bonds. The largest absolute Gasteiger partial charge is 0.481 e. The van der Waals surface area contributed by atoms with Gasteiger partial charge in [0.1, 0.15) is 0 Å². The Kier molecular flexibility index (Phi) is 12.8. The molecule has 2 N–H and O–H groups in total. The normalized spacial score (nSPS) is 10.6. The van der Waals surface area contributed by atoms with Crippen molar-refractivity contribution in [2.45, 2.75) is 13.3 Å². The maximum atomic E-state index is 10.1. The molecular formula is C11H23NO5. The zero-order valence-corrected chi connectivity index (χ0v) is 10.4. The zero-order chi connectivity index (χ0) is 12.8. The van der Waals surface area contributed by atoms with Gasteiger partial charge in [-0.05, 0) is 6.54 Å². The lowest BCUT2D eigenvalue weighted by Crippen LogP contribution is -2.20. The molecule has 0 aromatic carbocycles. The first-order valence-electron chi connectivity index (χ1n) is 5.93. The summed E-state index contributed by atoms with van der Waals surface area (Å²) in [6.07, 6.45) is 0.0353. The number of aliphatic carboxylic acids is 1. The molecule has 0 spiro atoms. The number of hydrogen-bond acceptors (Lipinski definition) is 5. The van der Waals surface area contributed by atoms with Crippen molar-refractivity contribution in [2.75, 3.05) is 52.7 Å². The first-order chi connectivity index (χ1) is 8.27. The first-order valence-corrected chi connectivity index (χ1v) is 5.93. The average molecular weight is 249 g/mol. The third-order valence-electron chi connectivity index (χ3n) is 1.88. The van der Waals surface area contributed by atoms with Gasteiger partial charge in [0.2, 0.25) is 0 Å². The van der Waals surface area contributed by atoms with E-state index in [0.29, 0.717) is 33.0 Å². The summed E-state index contributed by atoms with van der Waals surface area (Å²) in [5, 5.41) is 11.5. The Morgan fingerprint density at radius 3 is 2.06 bits per heavy atom. The number of likely N-dealkylation sites (N-methyl/N-ethyl adjacent to an activating group) is 1. The maximum absolute atomic E-state index is 10.1. The van der Waals surface area contributed by atoms with E-state index in [1.807, 2.05) is 6.92 Å². The van der Waals surface area contributed by atoms with Gasteiger partial charge in [-0.1, -0.05) is 6.92 Å². The summed E-state index contributed by atoms with van der Waals surface area (Å²) >= 11 is 0. The summed E-state index contributed by atoms with van der Waals surface area (Å²) in [7, 11) is 0. The number of carbonyl (C=O) groups is 1. The minimum atomic E-state index is -0.847. The van der Waals surface area contributed by atoms with Crippen molar-refractivity contribution in [2.24, 2.45) is 0 Å². The number of carboxylic acid groups (broad SMARTS) is 1. The van der Waals surface area contributed by atoms with Gasteiger partial charge in [0, 0.05) is 6.54 Å². The van der Waals surface area contributed by atoms with E-state index in [4.69, 9.17) is 19.3 Å². The van der Waals surface area contributed by atoms with Crippen molar-refractivity contribution in [1.29, 1.82) is 0 Å². The molecule has 0 radical (unpaired) electrons. The molecule has 0 saturated heterocycles. The van der Waals surface area contributed by atoms with Gasteiger partial charge in [0.05, 0.1) is 46.1 Å². The van der Waals surface area contributed by atoms with Gasteiger partial charge in [-0.25, -0.2) is 0 Å². The van der Waals surface area contributed by atoms with Crippen molar-refractivity contribution in [3.63, 3.8) is 0 Å². The Balaban J connectivity index is 2.91. The summed E-state index contributed by atoms with van der Waals surface area (Å²) < 4.78 is 15.6. The fourth-order valence-electron chi connectivity index (χ4n) is 1.02. The summed E-state index contributed by atoms with van der Waals surface area (Å²) in [6.45, 7) is 6.77. The minimum absolute atomic E-state index is 0.0353. The molecule has 0 aliphatic carbocycles. The Bertz CT molecular complexity index is 177. The molecule has 0 unspecified atom stereocenters. The van der Waals surface area contributed by atoms with E-state index in [9.17, 15) is 4.79 Å². The Hall–Kier alpha value is -0.690. The van der Waals surface area contributed by atoms with Crippen LogP contribution in [0.5, 0.6) is 0 Å². The Morgan fingerprint density at radius 1 is 1.00 bits per heavy atom. The van der Waals surface area contributed by atoms with Crippen molar-refractivity contribution in [3.05, 3.63) is 0 Å². The van der Waals surface area contributed by atoms with Gasteiger partial charge in [-0.15, -0.1) is 0 Å². The molecule has 17 heavy (non-hydrogen) atoms. The van der Waals surface area contributed by atoms with Crippen LogP contribution in [0.2, 0.25) is 0 Å². The van der Waals surface area contributed by atoms with Crippen molar-refractivity contribution >= 4 is 5.97 Å². The second-order valence-electron chi connectivity index (χ2n) is 3.33. The minimum Gasteiger partial charge on any atom is -0.481 e. The smallest absolute Gasteiger partial charge is 0.305 e. The second-order valence-corrected chi connectivity index (χ2v) is 3.33. The molecule has 0 fully saturated rings. The van der Waals surface area contributed by atoms with Crippen LogP contribution in [0.4, 0.5) is 0 Å². The van der Waals surface area contributed by atoms with E-state index in [1.54, 1.807) is 0 Å². The lowest BCUT2D eigenvalue weighted by molar-refractivity contribution is -0.138. The average Bonchev–Trinajstić information content (AvgIpc) is 2.30. The second kappa shape index (κ2) is 13.4. The molecule has 6 heteroatoms. The number of hydrogen-bond donors (Lipinski definition) is 2. The summed E-state index contributed by atoms with van der Waals surface area (Å²) in [6, 6.07) is 0. The van der Waals surface area contributed by atoms with Crippen LogP contribution in [0.25, 0.3) is 0 Å². The molecule has 0 heterocycles. The Morgan fingerprint density at radius 2 is 1.53 bits per heavy atom. The number of ether oxygens (including phenoxy) is 3. The lowest BCUT2D eigenvalue weighted by atomic mass is 10.5. The highest BCUT2D eigenvalue weighted by Crippen LogP contribution is 1.84. The van der Waals surface area contributed by atoms with E-state index in [-0.39, 0.29) is 13.0 Å². The third kappa shape index (κ3) is 15.3. The molecule has 0 bridgehead atoms. The van der Waals surface area contributed by atoms with Gasteiger partial charge < -0.3 is 24.6 Å². The molecule has 0 aliphatic heterocycles. The molecule has 0 aromatic rings. The van der Waals surface area contributed by atoms with Crippen LogP contribution < -0.4 is 5.32 Å². The topological polar surface area (TPSA) is 77.0 Å². The molecule has 0 rings (SSSR count). The molecule has 102 valence electrons. The van der Waals surface area contributed by atoms with Crippen LogP contribution >= 0.6 is 0 Å². The van der Waals surface area contributed by atoms with Crippen LogP contribution in [0.15, 0.2) is 0 Å². The van der Waals surface area contributed by atoms with E-state index in [1.165, 1.54) is 0 Å². The standard InChI is InChI=1S/C11H23NO5/c1-2-12-4-6-16-8-10-17-9-7-15-5-3-11(13)14/h12H,2-10H2,1H3,(H,13,14). The van der Waals surface area contributed by atoms with Gasteiger partial charge in [-0.2, -0.15) is 0 Å². The summed E-state index contributed by atoms with van der Waals surface area (Å²) in [5.74, 6) is -0.847. The van der Waals surface area contributed by atoms with Crippen LogP contribution in [-0.4, -0.2) is 63.8 Å². The van der Waals surface area contributed by atoms with Gasteiger partial charge in [0.15, 0.2) is 0 Å². The highest BCUT2D eigenvalue weighted by atomic mass is 16.5. The Labute approximate surface area is 102 Å². The lowest BCUT2D eigenvalue weighted by Gasteiger charge is -2.06. The molecule has 0 aromatic heterocycles. The van der Waals surface area contributed by atoms with E-state index >= 15 is 0 Å². The number of carboxylic acids is 1. The van der Waals surface area contributed by atoms with Crippen LogP contribution in [0.3, 0.4) is 0 Å². The molecular weight excluding hydrogens is 226 g/mol. The van der Waals surface area contributed by atoms with Crippen LogP contribution in [-0.2, 0) is 19.0 Å². The molecule has 0 atom stereocenters. The SMILES string of the molecule is CCNCCOCCOCCOCCC(=O)O. The van der Waals surface area contributed by atoms with Crippen molar-refractivity contribution in [1.82, 2.24) is 5.32 Å². The van der Waals surface area contributed by atoms with Gasteiger partial charge in [0.25, 0.3) is 0 Å². The van der Waals surface area contributed by atoms with E-state index in [0.717, 1.165) is 13.1 Å². The summed E-state index contributed by atoms with van der Waals surface area (Å²) in [4.78, 5) is 10.1. The van der Waals surface area contributed by atoms with Crippen molar-refractivity contribution in [3.8, 4) is 0 Å². The quantitative estimate of drug-likeness (QED) is 0.451. The maximum Gasteiger partial charge on any atom is 0.305 e. The van der Waals surface area contributed by atoms with Crippen LogP contribution in [0.1, 0.15) is 13.3 Å². The molecule has 0 aliphatic rings. The van der Waals surface area contributed by atoms with E-state index in [2.05, 4.69) is 5.32 Å². The zero-order valence-electron chi connectivity index (χ0n) is 10.4. The first kappa shape index (κ1) is 16.3. The number of rotatable bonds is 13. The third-order valence-corrected chi connectivity index (χ3v) is 1.88. The number of nitrogens with one attached hydrogen (secondary N) is 1. The van der Waals surface area contributed by atoms with E-state index < -0.39 is 5.97 Å². The van der Waals surface area contributed by atoms with Crippen LogP contribution in [0, 0.1) is 0 Å². The monoisotopic (exact) mass is 249 g/mol. The predicted molar refractivity (Wildman–Crippen MR) is 63.3 cm³/mol. The predicted octanol–water partition coefficient (Wildman–Crippen LogP) is 0.120. The highest BCUT2D eigenvalue weighted by Gasteiger charge is 1.96. The summed E-state index contributed by atoms with van der Waals surface area (Å²) in [5.41, 5.74) is 0. The van der Waals surface area contributed by atoms with Crippen molar-refractivity contribution < 1.29 is 24.1 Å². The molecule has 6 nitrogen and oxygen atoms in total. The fourth-order valence-corrected chi connectivity index (χ4v) is 1.02. The molecule has 0 saturated carbocycles. The fraction of sp³-hybridized carbons (Fsp3) is 0.909. The van der Waals surface area contributed by atoms with Gasteiger partial charge >= 0.3 is 5.97 Å².